The van der Waals surface area contributed by atoms with Crippen molar-refractivity contribution in [3.05, 3.63) is 42.1 Å². The van der Waals surface area contributed by atoms with E-state index in [4.69, 9.17) is 13.8 Å². The van der Waals surface area contributed by atoms with Gasteiger partial charge in [0.05, 0.1) is 6.61 Å². The van der Waals surface area contributed by atoms with E-state index in [1.54, 1.807) is 12.4 Å². The predicted molar refractivity (Wildman–Crippen MR) is 82.0 cm³/mol. The van der Waals surface area contributed by atoms with Crippen molar-refractivity contribution in [2.45, 2.75) is 31.6 Å². The summed E-state index contributed by atoms with van der Waals surface area (Å²) in [6.07, 6.45) is 6.53. The van der Waals surface area contributed by atoms with Gasteiger partial charge in [-0.1, -0.05) is 10.3 Å². The maximum absolute atomic E-state index is 5.34. The molecule has 0 N–H and O–H groups in total. The lowest BCUT2D eigenvalue weighted by molar-refractivity contribution is 0.192. The number of hydrogen-bond donors (Lipinski definition) is 0. The van der Waals surface area contributed by atoms with E-state index in [2.05, 4.69) is 25.3 Å². The molecule has 124 valence electrons. The van der Waals surface area contributed by atoms with Crippen LogP contribution in [0.1, 0.15) is 36.4 Å². The molecule has 1 aliphatic rings. The Bertz CT molecular complexity index is 780. The second-order valence-electron chi connectivity index (χ2n) is 5.71. The molecule has 3 aromatic rings. The number of rotatable bonds is 6. The lowest BCUT2D eigenvalue weighted by atomic mass is 10.1. The van der Waals surface area contributed by atoms with E-state index in [0.29, 0.717) is 37.1 Å². The van der Waals surface area contributed by atoms with E-state index in [1.165, 1.54) is 0 Å². The first-order valence-corrected chi connectivity index (χ1v) is 8.02. The summed E-state index contributed by atoms with van der Waals surface area (Å²) in [7, 11) is 0. The molecule has 0 aliphatic carbocycles. The van der Waals surface area contributed by atoms with E-state index >= 15 is 0 Å². The van der Waals surface area contributed by atoms with Crippen LogP contribution in [0.5, 0.6) is 0 Å². The van der Waals surface area contributed by atoms with Crippen LogP contribution in [0.2, 0.25) is 0 Å². The van der Waals surface area contributed by atoms with E-state index in [9.17, 15) is 0 Å². The molecule has 0 bridgehead atoms. The van der Waals surface area contributed by atoms with E-state index in [1.807, 2.05) is 12.1 Å². The lowest BCUT2D eigenvalue weighted by Crippen LogP contribution is -2.00. The van der Waals surface area contributed by atoms with Crippen molar-refractivity contribution in [2.75, 3.05) is 13.2 Å². The summed E-state index contributed by atoms with van der Waals surface area (Å²) in [6, 6.07) is 3.74. The van der Waals surface area contributed by atoms with Crippen LogP contribution in [0.25, 0.3) is 11.4 Å². The highest BCUT2D eigenvalue weighted by Gasteiger charge is 2.23. The molecule has 8 heteroatoms. The van der Waals surface area contributed by atoms with Crippen LogP contribution in [-0.4, -0.2) is 38.5 Å². The Hall–Kier alpha value is -2.61. The molecule has 24 heavy (non-hydrogen) atoms. The van der Waals surface area contributed by atoms with Gasteiger partial charge in [0.15, 0.2) is 5.82 Å². The van der Waals surface area contributed by atoms with Gasteiger partial charge in [0.2, 0.25) is 17.6 Å². The summed E-state index contributed by atoms with van der Waals surface area (Å²) in [6.45, 7) is 1.45. The number of nitrogens with zero attached hydrogens (tertiary/aromatic N) is 5. The quantitative estimate of drug-likeness (QED) is 0.679. The Kier molecular flexibility index (Phi) is 4.28. The molecule has 0 unspecified atom stereocenters. The van der Waals surface area contributed by atoms with Crippen molar-refractivity contribution in [3.63, 3.8) is 0 Å². The van der Waals surface area contributed by atoms with Crippen LogP contribution >= 0.6 is 0 Å². The largest absolute Gasteiger partial charge is 0.381 e. The monoisotopic (exact) mass is 327 g/mol. The Morgan fingerprint density at radius 1 is 1.08 bits per heavy atom. The minimum absolute atomic E-state index is 0.264. The van der Waals surface area contributed by atoms with Gasteiger partial charge in [-0.3, -0.25) is 4.98 Å². The molecule has 3 aromatic heterocycles. The number of hydrogen-bond acceptors (Lipinski definition) is 8. The highest BCUT2D eigenvalue weighted by atomic mass is 16.5. The van der Waals surface area contributed by atoms with Crippen LogP contribution in [0.15, 0.2) is 33.6 Å². The van der Waals surface area contributed by atoms with Crippen molar-refractivity contribution < 1.29 is 13.8 Å². The molecule has 8 nitrogen and oxygen atoms in total. The summed E-state index contributed by atoms with van der Waals surface area (Å²) >= 11 is 0. The fourth-order valence-corrected chi connectivity index (χ4v) is 2.63. The van der Waals surface area contributed by atoms with Crippen LogP contribution in [-0.2, 0) is 17.6 Å². The van der Waals surface area contributed by atoms with Gasteiger partial charge in [-0.05, 0) is 25.0 Å². The predicted octanol–water partition coefficient (Wildman–Crippen LogP) is 2.19. The SMILES string of the molecule is c1cncc(-c2noc(CCCc3nc([C@H]4CCOC4)no3)n2)c1. The molecule has 4 rings (SSSR count). The third-order valence-electron chi connectivity index (χ3n) is 3.95. The number of aryl methyl sites for hydroxylation is 2. The Balaban J connectivity index is 1.31. The van der Waals surface area contributed by atoms with Gasteiger partial charge in [-0.2, -0.15) is 9.97 Å². The molecule has 0 amide bonds. The van der Waals surface area contributed by atoms with Gasteiger partial charge < -0.3 is 13.8 Å². The highest BCUT2D eigenvalue weighted by molar-refractivity contribution is 5.51. The van der Waals surface area contributed by atoms with Gasteiger partial charge >= 0.3 is 0 Å². The van der Waals surface area contributed by atoms with Crippen LogP contribution < -0.4 is 0 Å². The Morgan fingerprint density at radius 3 is 2.75 bits per heavy atom. The minimum atomic E-state index is 0.264. The first kappa shape index (κ1) is 14.9. The summed E-state index contributed by atoms with van der Waals surface area (Å²) in [5.74, 6) is 2.81. The fraction of sp³-hybridized carbons (Fsp3) is 0.438. The smallest absolute Gasteiger partial charge is 0.226 e. The summed E-state index contributed by atoms with van der Waals surface area (Å²) in [4.78, 5) is 12.9. The van der Waals surface area contributed by atoms with Crippen LogP contribution in [0, 0.1) is 0 Å². The second kappa shape index (κ2) is 6.88. The van der Waals surface area contributed by atoms with E-state index in [-0.39, 0.29) is 5.92 Å². The second-order valence-corrected chi connectivity index (χ2v) is 5.71. The highest BCUT2D eigenvalue weighted by Crippen LogP contribution is 2.22. The maximum Gasteiger partial charge on any atom is 0.226 e. The van der Waals surface area contributed by atoms with E-state index < -0.39 is 0 Å². The molecule has 0 aromatic carbocycles. The summed E-state index contributed by atoms with van der Waals surface area (Å²) in [5, 5.41) is 8.02. The maximum atomic E-state index is 5.34. The molecular formula is C16H17N5O3. The summed E-state index contributed by atoms with van der Waals surface area (Å²) in [5.41, 5.74) is 0.841. The third-order valence-corrected chi connectivity index (χ3v) is 3.95. The zero-order valence-corrected chi connectivity index (χ0v) is 13.1. The van der Waals surface area contributed by atoms with Gasteiger partial charge in [0.25, 0.3) is 0 Å². The van der Waals surface area contributed by atoms with Crippen molar-refractivity contribution in [3.8, 4) is 11.4 Å². The lowest BCUT2D eigenvalue weighted by Gasteiger charge is -1.97. The molecule has 1 aliphatic heterocycles. The van der Waals surface area contributed by atoms with Gasteiger partial charge in [-0.15, -0.1) is 0 Å². The number of aromatic nitrogens is 5. The standard InChI is InChI=1S/C16H17N5O3/c1(5-14-19-16(21-24-14)12-6-8-22-10-12)4-13-18-15(20-23-13)11-3-2-7-17-9-11/h2-3,7,9,12H,1,4-6,8,10H2/t12-/m0/s1. The van der Waals surface area contributed by atoms with Crippen molar-refractivity contribution in [2.24, 2.45) is 0 Å². The van der Waals surface area contributed by atoms with Crippen LogP contribution in [0.4, 0.5) is 0 Å². The Morgan fingerprint density at radius 2 is 1.96 bits per heavy atom. The molecule has 0 saturated carbocycles. The first-order valence-electron chi connectivity index (χ1n) is 8.02. The fourth-order valence-electron chi connectivity index (χ4n) is 2.63. The summed E-state index contributed by atoms with van der Waals surface area (Å²) < 4.78 is 15.9. The molecule has 1 saturated heterocycles. The average Bonchev–Trinajstić information content (AvgIpc) is 3.37. The van der Waals surface area contributed by atoms with Crippen molar-refractivity contribution in [1.29, 1.82) is 0 Å². The molecule has 4 heterocycles. The minimum Gasteiger partial charge on any atom is -0.381 e. The number of pyridine rings is 1. The van der Waals surface area contributed by atoms with Gasteiger partial charge in [0, 0.05) is 43.3 Å². The van der Waals surface area contributed by atoms with Crippen molar-refractivity contribution in [1.82, 2.24) is 25.3 Å². The molecule has 0 spiro atoms. The third kappa shape index (κ3) is 3.33. The first-order chi connectivity index (χ1) is 11.9. The molecule has 1 fully saturated rings. The van der Waals surface area contributed by atoms with Crippen molar-refractivity contribution >= 4 is 0 Å². The zero-order valence-electron chi connectivity index (χ0n) is 13.1. The zero-order chi connectivity index (χ0) is 16.2. The van der Waals surface area contributed by atoms with Crippen LogP contribution in [0.3, 0.4) is 0 Å². The molecule has 0 radical (unpaired) electrons. The van der Waals surface area contributed by atoms with Gasteiger partial charge in [-0.25, -0.2) is 0 Å². The normalized spacial score (nSPS) is 17.4. The molecule has 1 atom stereocenters. The van der Waals surface area contributed by atoms with E-state index in [0.717, 1.165) is 30.8 Å². The number of ether oxygens (including phenoxy) is 1. The topological polar surface area (TPSA) is 100.0 Å². The average molecular weight is 327 g/mol. The Labute approximate surface area is 138 Å². The molecular weight excluding hydrogens is 310 g/mol. The van der Waals surface area contributed by atoms with Gasteiger partial charge in [0.1, 0.15) is 0 Å².